The molecule has 0 radical (unpaired) electrons. The van der Waals surface area contributed by atoms with Gasteiger partial charge in [0.25, 0.3) is 0 Å². The topological polar surface area (TPSA) is 46.3 Å². The summed E-state index contributed by atoms with van der Waals surface area (Å²) in [5.74, 6) is 1.51. The second-order valence-electron chi connectivity index (χ2n) is 5.82. The monoisotopic (exact) mass is 226 g/mol. The Balaban J connectivity index is 2.74. The molecule has 16 heavy (non-hydrogen) atoms. The van der Waals surface area contributed by atoms with E-state index in [1.165, 1.54) is 6.42 Å². The largest absolute Gasteiger partial charge is 0.338 e. The van der Waals surface area contributed by atoms with Gasteiger partial charge in [-0.25, -0.2) is 0 Å². The predicted octanol–water partition coefficient (Wildman–Crippen LogP) is 1.86. The van der Waals surface area contributed by atoms with Gasteiger partial charge in [0.05, 0.1) is 6.04 Å². The lowest BCUT2D eigenvalue weighted by atomic mass is 9.85. The highest BCUT2D eigenvalue weighted by Gasteiger charge is 2.34. The van der Waals surface area contributed by atoms with Crippen LogP contribution in [0.3, 0.4) is 0 Å². The number of hydrogen-bond donors (Lipinski definition) is 1. The lowest BCUT2D eigenvalue weighted by molar-refractivity contribution is -0.139. The number of piperidine rings is 1. The van der Waals surface area contributed by atoms with E-state index in [-0.39, 0.29) is 17.9 Å². The van der Waals surface area contributed by atoms with Crippen LogP contribution in [0.2, 0.25) is 0 Å². The molecule has 4 atom stereocenters. The van der Waals surface area contributed by atoms with Gasteiger partial charge in [-0.3, -0.25) is 4.79 Å². The lowest BCUT2D eigenvalue weighted by Crippen LogP contribution is -2.55. The van der Waals surface area contributed by atoms with Crippen LogP contribution >= 0.6 is 0 Å². The van der Waals surface area contributed by atoms with Gasteiger partial charge in [0.1, 0.15) is 0 Å². The molecule has 0 aromatic rings. The second-order valence-corrected chi connectivity index (χ2v) is 5.82. The Labute approximate surface area is 99.4 Å². The van der Waals surface area contributed by atoms with Crippen LogP contribution in [0.25, 0.3) is 0 Å². The molecule has 4 unspecified atom stereocenters. The lowest BCUT2D eigenvalue weighted by Gasteiger charge is -2.42. The minimum atomic E-state index is -0.347. The number of likely N-dealkylation sites (tertiary alicyclic amines) is 1. The van der Waals surface area contributed by atoms with Crippen molar-refractivity contribution in [2.45, 2.75) is 53.1 Å². The molecule has 1 heterocycles. The van der Waals surface area contributed by atoms with Gasteiger partial charge in [-0.1, -0.05) is 27.7 Å². The minimum Gasteiger partial charge on any atom is -0.338 e. The van der Waals surface area contributed by atoms with E-state index in [0.717, 1.165) is 6.54 Å². The van der Waals surface area contributed by atoms with Crippen LogP contribution in [0, 0.1) is 17.8 Å². The van der Waals surface area contributed by atoms with E-state index in [2.05, 4.69) is 20.8 Å². The Morgan fingerprint density at radius 2 is 1.88 bits per heavy atom. The average Bonchev–Trinajstić information content (AvgIpc) is 2.21. The highest BCUT2D eigenvalue weighted by Crippen LogP contribution is 2.27. The predicted molar refractivity (Wildman–Crippen MR) is 66.9 cm³/mol. The van der Waals surface area contributed by atoms with E-state index in [1.807, 2.05) is 18.7 Å². The highest BCUT2D eigenvalue weighted by atomic mass is 16.2. The summed E-state index contributed by atoms with van der Waals surface area (Å²) in [6.45, 7) is 11.4. The molecule has 0 spiro atoms. The van der Waals surface area contributed by atoms with Gasteiger partial charge >= 0.3 is 0 Å². The molecule has 3 nitrogen and oxygen atoms in total. The number of carbonyl (C=O) groups is 1. The number of nitrogens with zero attached hydrogens (tertiary/aromatic N) is 1. The standard InChI is InChI=1S/C13H26N2O/c1-8(2)12(14)13(16)15-7-9(3)6-10(4)11(15)5/h8-12H,6-7,14H2,1-5H3. The minimum absolute atomic E-state index is 0.126. The molecule has 1 rings (SSSR count). The Hall–Kier alpha value is -0.570. The quantitative estimate of drug-likeness (QED) is 0.781. The molecule has 3 heteroatoms. The number of amides is 1. The summed E-state index contributed by atoms with van der Waals surface area (Å²) in [5, 5.41) is 0. The zero-order valence-corrected chi connectivity index (χ0v) is 11.2. The molecule has 1 amide bonds. The van der Waals surface area contributed by atoms with Crippen molar-refractivity contribution in [3.8, 4) is 0 Å². The summed E-state index contributed by atoms with van der Waals surface area (Å²) in [5.41, 5.74) is 5.95. The van der Waals surface area contributed by atoms with Crippen molar-refractivity contribution in [3.63, 3.8) is 0 Å². The number of hydrogen-bond acceptors (Lipinski definition) is 2. The fourth-order valence-corrected chi connectivity index (χ4v) is 2.48. The third-order valence-electron chi connectivity index (χ3n) is 3.88. The maximum atomic E-state index is 12.2. The molecule has 1 saturated heterocycles. The first-order valence-corrected chi connectivity index (χ1v) is 6.40. The molecule has 94 valence electrons. The van der Waals surface area contributed by atoms with E-state index >= 15 is 0 Å². The molecule has 2 N–H and O–H groups in total. The molecule has 0 saturated carbocycles. The van der Waals surface area contributed by atoms with Crippen LogP contribution in [-0.2, 0) is 4.79 Å². The van der Waals surface area contributed by atoms with Gasteiger partial charge in [-0.2, -0.15) is 0 Å². The Morgan fingerprint density at radius 1 is 1.31 bits per heavy atom. The second kappa shape index (κ2) is 5.17. The van der Waals surface area contributed by atoms with Crippen molar-refractivity contribution in [2.75, 3.05) is 6.54 Å². The van der Waals surface area contributed by atoms with Gasteiger partial charge in [-0.05, 0) is 31.1 Å². The molecule has 1 aliphatic heterocycles. The number of rotatable bonds is 2. The van der Waals surface area contributed by atoms with Gasteiger partial charge < -0.3 is 10.6 Å². The Bertz CT molecular complexity index is 252. The summed E-state index contributed by atoms with van der Waals surface area (Å²) < 4.78 is 0. The van der Waals surface area contributed by atoms with Crippen molar-refractivity contribution in [3.05, 3.63) is 0 Å². The SMILES string of the molecule is CC1CC(C)C(C)N(C(=O)C(N)C(C)C)C1. The van der Waals surface area contributed by atoms with Crippen molar-refractivity contribution < 1.29 is 4.79 Å². The van der Waals surface area contributed by atoms with Gasteiger partial charge in [-0.15, -0.1) is 0 Å². The maximum Gasteiger partial charge on any atom is 0.240 e. The average molecular weight is 226 g/mol. The number of carbonyl (C=O) groups excluding carboxylic acids is 1. The zero-order chi connectivity index (χ0) is 12.5. The smallest absolute Gasteiger partial charge is 0.240 e. The van der Waals surface area contributed by atoms with Crippen LogP contribution < -0.4 is 5.73 Å². The summed E-state index contributed by atoms with van der Waals surface area (Å²) in [6.07, 6.45) is 1.21. The van der Waals surface area contributed by atoms with Gasteiger partial charge in [0.2, 0.25) is 5.91 Å². The van der Waals surface area contributed by atoms with E-state index in [9.17, 15) is 4.79 Å². The van der Waals surface area contributed by atoms with Crippen molar-refractivity contribution in [2.24, 2.45) is 23.5 Å². The maximum absolute atomic E-state index is 12.2. The van der Waals surface area contributed by atoms with Crippen LogP contribution in [0.4, 0.5) is 0 Å². The Morgan fingerprint density at radius 3 is 2.38 bits per heavy atom. The van der Waals surface area contributed by atoms with E-state index in [0.29, 0.717) is 17.9 Å². The fourth-order valence-electron chi connectivity index (χ4n) is 2.48. The van der Waals surface area contributed by atoms with Gasteiger partial charge in [0, 0.05) is 12.6 Å². The van der Waals surface area contributed by atoms with Crippen molar-refractivity contribution >= 4 is 5.91 Å². The molecule has 0 aromatic heterocycles. The van der Waals surface area contributed by atoms with Crippen LogP contribution in [0.15, 0.2) is 0 Å². The van der Waals surface area contributed by atoms with Crippen LogP contribution in [0.5, 0.6) is 0 Å². The normalized spacial score (nSPS) is 32.9. The first-order chi connectivity index (χ1) is 7.34. The van der Waals surface area contributed by atoms with Crippen LogP contribution in [0.1, 0.15) is 41.0 Å². The molecular formula is C13H26N2O. The third-order valence-corrected chi connectivity index (χ3v) is 3.88. The summed E-state index contributed by atoms with van der Waals surface area (Å²) in [4.78, 5) is 14.2. The molecule has 1 aliphatic rings. The highest BCUT2D eigenvalue weighted by molar-refractivity contribution is 5.82. The number of nitrogens with two attached hydrogens (primary N) is 1. The molecular weight excluding hydrogens is 200 g/mol. The first kappa shape index (κ1) is 13.5. The summed E-state index contributed by atoms with van der Waals surface area (Å²) >= 11 is 0. The fraction of sp³-hybridized carbons (Fsp3) is 0.923. The van der Waals surface area contributed by atoms with E-state index in [1.54, 1.807) is 0 Å². The summed E-state index contributed by atoms with van der Waals surface area (Å²) in [6, 6.07) is -0.0200. The summed E-state index contributed by atoms with van der Waals surface area (Å²) in [7, 11) is 0. The van der Waals surface area contributed by atoms with Crippen molar-refractivity contribution in [1.29, 1.82) is 0 Å². The molecule has 1 fully saturated rings. The zero-order valence-electron chi connectivity index (χ0n) is 11.2. The van der Waals surface area contributed by atoms with E-state index < -0.39 is 0 Å². The van der Waals surface area contributed by atoms with E-state index in [4.69, 9.17) is 5.73 Å². The third kappa shape index (κ3) is 2.76. The van der Waals surface area contributed by atoms with Gasteiger partial charge in [0.15, 0.2) is 0 Å². The molecule has 0 aliphatic carbocycles. The Kier molecular flexibility index (Phi) is 4.36. The first-order valence-electron chi connectivity index (χ1n) is 6.40. The molecule has 0 aromatic carbocycles. The van der Waals surface area contributed by atoms with Crippen molar-refractivity contribution in [1.82, 2.24) is 4.90 Å². The molecule has 0 bridgehead atoms. The van der Waals surface area contributed by atoms with Crippen LogP contribution in [-0.4, -0.2) is 29.4 Å².